The summed E-state index contributed by atoms with van der Waals surface area (Å²) in [5.41, 5.74) is 4.25. The zero-order chi connectivity index (χ0) is 27.5. The van der Waals surface area contributed by atoms with E-state index in [1.54, 1.807) is 30.9 Å². The summed E-state index contributed by atoms with van der Waals surface area (Å²) in [6.07, 6.45) is 11.0. The number of carbonyl (C=O) groups is 1. The smallest absolute Gasteiger partial charge is 0.217 e. The van der Waals surface area contributed by atoms with Crippen molar-refractivity contribution in [3.05, 3.63) is 115 Å². The number of halogens is 1. The molecular formula is C31H27FN6O2. The maximum atomic E-state index is 13.9. The molecule has 1 atom stereocenters. The molecule has 0 fully saturated rings. The van der Waals surface area contributed by atoms with Crippen molar-refractivity contribution in [2.75, 3.05) is 4.90 Å². The maximum absolute atomic E-state index is 13.9. The van der Waals surface area contributed by atoms with Crippen LogP contribution in [0.1, 0.15) is 30.9 Å². The van der Waals surface area contributed by atoms with Crippen molar-refractivity contribution in [3.63, 3.8) is 0 Å². The number of amides is 1. The first kappa shape index (κ1) is 25.2. The minimum Gasteiger partial charge on any atom is -0.440 e. The summed E-state index contributed by atoms with van der Waals surface area (Å²) >= 11 is 0. The Hall–Kier alpha value is -5.05. The largest absolute Gasteiger partial charge is 0.440 e. The fraction of sp³-hybridized carbons (Fsp3) is 0.161. The normalized spacial score (nSPS) is 12.1. The Balaban J connectivity index is 1.44. The fourth-order valence-corrected chi connectivity index (χ4v) is 5.00. The molecule has 1 amide bonds. The number of imidazole rings is 2. The highest BCUT2D eigenvalue weighted by molar-refractivity contribution is 5.85. The van der Waals surface area contributed by atoms with Gasteiger partial charge in [0, 0.05) is 54.4 Å². The van der Waals surface area contributed by atoms with E-state index in [0.717, 1.165) is 35.5 Å². The summed E-state index contributed by atoms with van der Waals surface area (Å²) in [5.74, 6) is 0.651. The molecule has 0 saturated heterocycles. The highest BCUT2D eigenvalue weighted by Gasteiger charge is 2.29. The van der Waals surface area contributed by atoms with Gasteiger partial charge in [0.2, 0.25) is 12.3 Å². The van der Waals surface area contributed by atoms with Crippen LogP contribution in [-0.4, -0.2) is 30.5 Å². The number of anilines is 1. The number of carbonyl (C=O) groups excluding carboxylic acids is 1. The van der Waals surface area contributed by atoms with Crippen LogP contribution in [0.3, 0.4) is 0 Å². The second kappa shape index (κ2) is 11.0. The number of hydrogen-bond donors (Lipinski definition) is 0. The predicted molar refractivity (Wildman–Crippen MR) is 150 cm³/mol. The van der Waals surface area contributed by atoms with Gasteiger partial charge >= 0.3 is 0 Å². The summed E-state index contributed by atoms with van der Waals surface area (Å²) < 4.78 is 24.0. The molecule has 0 aliphatic heterocycles. The van der Waals surface area contributed by atoms with E-state index >= 15 is 0 Å². The third kappa shape index (κ3) is 4.89. The van der Waals surface area contributed by atoms with Crippen molar-refractivity contribution in [1.82, 2.24) is 24.1 Å². The minimum absolute atomic E-state index is 0.314. The average molecular weight is 535 g/mol. The number of benzene rings is 2. The van der Waals surface area contributed by atoms with Crippen LogP contribution in [0.2, 0.25) is 0 Å². The van der Waals surface area contributed by atoms with E-state index in [0.29, 0.717) is 35.6 Å². The Morgan fingerprint density at radius 2 is 1.93 bits per heavy atom. The lowest BCUT2D eigenvalue weighted by molar-refractivity contribution is -0.108. The third-order valence-electron chi connectivity index (χ3n) is 6.90. The van der Waals surface area contributed by atoms with Crippen LogP contribution < -0.4 is 4.90 Å². The van der Waals surface area contributed by atoms with Crippen LogP contribution in [0.25, 0.3) is 27.9 Å². The molecule has 0 radical (unpaired) electrons. The summed E-state index contributed by atoms with van der Waals surface area (Å²) in [6.45, 7) is 2.81. The number of nitrogens with zero attached hydrogens (tertiary/aromatic N) is 6. The van der Waals surface area contributed by atoms with Gasteiger partial charge in [-0.15, -0.1) is 0 Å². The zero-order valence-electron chi connectivity index (χ0n) is 21.9. The molecule has 8 nitrogen and oxygen atoms in total. The second-order valence-electron chi connectivity index (χ2n) is 9.49. The van der Waals surface area contributed by atoms with Gasteiger partial charge in [-0.05, 0) is 54.4 Å². The molecule has 200 valence electrons. The number of hydrogen-bond acceptors (Lipinski definition) is 5. The SMILES string of the molecule is CCCn1c(-c2ccc(-n3ccnc3)cc2)cnc1[C@H](Cc1ccccn1)N(C=O)c1cc2cc(F)ccc2o1. The van der Waals surface area contributed by atoms with Gasteiger partial charge in [0.15, 0.2) is 0 Å². The predicted octanol–water partition coefficient (Wildman–Crippen LogP) is 6.37. The second-order valence-corrected chi connectivity index (χ2v) is 9.49. The lowest BCUT2D eigenvalue weighted by Crippen LogP contribution is -2.31. The molecule has 0 aliphatic rings. The monoisotopic (exact) mass is 534 g/mol. The summed E-state index contributed by atoms with van der Waals surface area (Å²) in [6, 6.07) is 19.3. The summed E-state index contributed by atoms with van der Waals surface area (Å²) in [5, 5.41) is 0.578. The quantitative estimate of drug-likeness (QED) is 0.191. The summed E-state index contributed by atoms with van der Waals surface area (Å²) in [7, 11) is 0. The molecule has 4 heterocycles. The molecule has 6 rings (SSSR count). The van der Waals surface area contributed by atoms with Gasteiger partial charge < -0.3 is 13.6 Å². The highest BCUT2D eigenvalue weighted by Crippen LogP contribution is 2.35. The lowest BCUT2D eigenvalue weighted by Gasteiger charge is -2.27. The molecule has 40 heavy (non-hydrogen) atoms. The van der Waals surface area contributed by atoms with E-state index in [1.807, 2.05) is 47.3 Å². The van der Waals surface area contributed by atoms with Crippen LogP contribution >= 0.6 is 0 Å². The van der Waals surface area contributed by atoms with Gasteiger partial charge in [0.25, 0.3) is 0 Å². The minimum atomic E-state index is -0.525. The fourth-order valence-electron chi connectivity index (χ4n) is 5.00. The van der Waals surface area contributed by atoms with E-state index < -0.39 is 6.04 Å². The zero-order valence-corrected chi connectivity index (χ0v) is 21.9. The Morgan fingerprint density at radius 3 is 2.65 bits per heavy atom. The van der Waals surface area contributed by atoms with E-state index in [2.05, 4.69) is 33.6 Å². The molecule has 2 aromatic carbocycles. The molecule has 0 N–H and O–H groups in total. The van der Waals surface area contributed by atoms with Gasteiger partial charge in [-0.1, -0.05) is 25.1 Å². The van der Waals surface area contributed by atoms with Crippen molar-refractivity contribution < 1.29 is 13.6 Å². The summed E-state index contributed by atoms with van der Waals surface area (Å²) in [4.78, 5) is 27.7. The van der Waals surface area contributed by atoms with Crippen LogP contribution in [0, 0.1) is 5.82 Å². The first-order valence-electron chi connectivity index (χ1n) is 13.1. The van der Waals surface area contributed by atoms with Crippen molar-refractivity contribution in [2.45, 2.75) is 32.4 Å². The molecule has 0 aliphatic carbocycles. The molecule has 0 spiro atoms. The van der Waals surface area contributed by atoms with E-state index in [9.17, 15) is 9.18 Å². The number of fused-ring (bicyclic) bond motifs is 1. The van der Waals surface area contributed by atoms with Gasteiger partial charge in [-0.25, -0.2) is 14.4 Å². The van der Waals surface area contributed by atoms with Gasteiger partial charge in [-0.3, -0.25) is 14.7 Å². The number of rotatable bonds is 10. The molecule has 0 unspecified atom stereocenters. The van der Waals surface area contributed by atoms with Gasteiger partial charge in [-0.2, -0.15) is 0 Å². The van der Waals surface area contributed by atoms with Crippen molar-refractivity contribution >= 4 is 23.3 Å². The lowest BCUT2D eigenvalue weighted by atomic mass is 10.1. The molecule has 6 aromatic rings. The van der Waals surface area contributed by atoms with Crippen LogP contribution in [-0.2, 0) is 17.8 Å². The Labute approximate surface area is 230 Å². The Bertz CT molecular complexity index is 1730. The molecular weight excluding hydrogens is 507 g/mol. The molecule has 9 heteroatoms. The first-order chi connectivity index (χ1) is 19.6. The molecule has 4 aromatic heterocycles. The van der Waals surface area contributed by atoms with E-state index in [4.69, 9.17) is 9.40 Å². The van der Waals surface area contributed by atoms with Crippen LogP contribution in [0.15, 0.2) is 102 Å². The Kier molecular flexibility index (Phi) is 6.93. The number of furan rings is 1. The Morgan fingerprint density at radius 1 is 1.05 bits per heavy atom. The standard InChI is InChI=1S/C31H27FN6O2/c1-2-14-37-28(22-6-9-26(10-7-22)36-15-13-33-20-36)19-35-31(37)27(18-25-5-3-4-12-34-25)38(21-39)30-17-23-16-24(32)8-11-29(23)40-30/h3-13,15-17,19-21,27H,2,14,18H2,1H3/t27-/m0/s1. The van der Waals surface area contributed by atoms with Gasteiger partial charge in [0.05, 0.1) is 18.2 Å². The van der Waals surface area contributed by atoms with Crippen molar-refractivity contribution in [3.8, 4) is 16.9 Å². The molecule has 0 bridgehead atoms. The van der Waals surface area contributed by atoms with E-state index in [1.165, 1.54) is 17.0 Å². The average Bonchev–Trinajstić information content (AvgIpc) is 3.74. The maximum Gasteiger partial charge on any atom is 0.217 e. The van der Waals surface area contributed by atoms with Crippen LogP contribution in [0.4, 0.5) is 10.3 Å². The third-order valence-corrected chi connectivity index (χ3v) is 6.90. The number of pyridine rings is 1. The topological polar surface area (TPSA) is 82.0 Å². The van der Waals surface area contributed by atoms with Crippen molar-refractivity contribution in [1.29, 1.82) is 0 Å². The van der Waals surface area contributed by atoms with E-state index in [-0.39, 0.29) is 5.82 Å². The molecule has 0 saturated carbocycles. The van der Waals surface area contributed by atoms with Crippen molar-refractivity contribution in [2.24, 2.45) is 0 Å². The highest BCUT2D eigenvalue weighted by atomic mass is 19.1. The van der Waals surface area contributed by atoms with Gasteiger partial charge in [0.1, 0.15) is 23.3 Å². The number of aromatic nitrogens is 5. The van der Waals surface area contributed by atoms with Crippen LogP contribution in [0.5, 0.6) is 0 Å². The first-order valence-corrected chi connectivity index (χ1v) is 13.1.